The maximum Gasteiger partial charge on any atom is 0.263 e. The first-order chi connectivity index (χ1) is 13.1. The van der Waals surface area contributed by atoms with Crippen LogP contribution in [-0.4, -0.2) is 18.2 Å². The topological polar surface area (TPSA) is 64.0 Å². The Hall–Kier alpha value is -2.31. The van der Waals surface area contributed by atoms with Gasteiger partial charge in [0.05, 0.1) is 11.4 Å². The van der Waals surface area contributed by atoms with E-state index in [9.17, 15) is 8.42 Å². The van der Waals surface area contributed by atoms with Gasteiger partial charge in [-0.1, -0.05) is 29.8 Å². The fraction of sp³-hybridized carbons (Fsp3) is 0.286. The molecule has 0 aliphatic rings. The van der Waals surface area contributed by atoms with Gasteiger partial charge in [-0.05, 0) is 74.1 Å². The van der Waals surface area contributed by atoms with Crippen molar-refractivity contribution >= 4 is 27.4 Å². The van der Waals surface area contributed by atoms with Crippen molar-refractivity contribution in [3.63, 3.8) is 0 Å². The summed E-state index contributed by atoms with van der Waals surface area (Å²) in [5.41, 5.74) is 5.56. The summed E-state index contributed by atoms with van der Waals surface area (Å²) < 4.78 is 30.5. The number of halogens is 1. The van der Waals surface area contributed by atoms with Crippen LogP contribution in [0.15, 0.2) is 41.4 Å². The lowest BCUT2D eigenvalue weighted by atomic mass is 9.95. The number of benzene rings is 2. The first kappa shape index (κ1) is 20.4. The molecule has 0 saturated carbocycles. The number of rotatable bonds is 5. The Morgan fingerprint density at radius 3 is 2.11 bits per heavy atom. The largest absolute Gasteiger partial charge is 0.266 e. The number of hydrogen-bond acceptors (Lipinski definition) is 3. The lowest BCUT2D eigenvalue weighted by Gasteiger charge is -2.18. The van der Waals surface area contributed by atoms with Crippen LogP contribution in [0.3, 0.4) is 0 Å². The summed E-state index contributed by atoms with van der Waals surface area (Å²) in [7, 11) is -3.76. The van der Waals surface area contributed by atoms with E-state index in [1.807, 2.05) is 58.9 Å². The van der Waals surface area contributed by atoms with E-state index >= 15 is 0 Å². The molecule has 1 aromatic heterocycles. The van der Waals surface area contributed by atoms with Crippen molar-refractivity contribution in [1.29, 1.82) is 0 Å². The number of hydrogen-bond donors (Lipinski definition) is 1. The highest BCUT2D eigenvalue weighted by molar-refractivity contribution is 7.92. The molecule has 0 aliphatic carbocycles. The third-order valence-electron chi connectivity index (χ3n) is 5.37. The quantitative estimate of drug-likeness (QED) is 0.640. The predicted molar refractivity (Wildman–Crippen MR) is 114 cm³/mol. The van der Waals surface area contributed by atoms with Gasteiger partial charge in [0, 0.05) is 17.3 Å². The molecule has 0 aliphatic heterocycles. The average molecular weight is 418 g/mol. The van der Waals surface area contributed by atoms with E-state index in [1.54, 1.807) is 16.9 Å². The van der Waals surface area contributed by atoms with Crippen LogP contribution in [0.25, 0.3) is 0 Å². The first-order valence-corrected chi connectivity index (χ1v) is 10.8. The molecular weight excluding hydrogens is 394 g/mol. The molecule has 3 aromatic rings. The lowest BCUT2D eigenvalue weighted by Crippen LogP contribution is -2.18. The monoisotopic (exact) mass is 417 g/mol. The minimum Gasteiger partial charge on any atom is -0.266 e. The number of nitrogens with zero attached hydrogens (tertiary/aromatic N) is 2. The van der Waals surface area contributed by atoms with E-state index in [4.69, 9.17) is 11.6 Å². The van der Waals surface area contributed by atoms with Gasteiger partial charge in [0.15, 0.2) is 5.82 Å². The molecule has 2 aromatic carbocycles. The fourth-order valence-corrected chi connectivity index (χ4v) is 5.16. The number of aromatic nitrogens is 2. The second-order valence-electron chi connectivity index (χ2n) is 7.05. The van der Waals surface area contributed by atoms with Crippen molar-refractivity contribution in [3.8, 4) is 0 Å². The summed E-state index contributed by atoms with van der Waals surface area (Å²) in [5, 5.41) is 5.00. The molecule has 28 heavy (non-hydrogen) atoms. The Bertz CT molecular complexity index is 1120. The van der Waals surface area contributed by atoms with Crippen LogP contribution in [0, 0.1) is 34.6 Å². The summed E-state index contributed by atoms with van der Waals surface area (Å²) in [5.74, 6) is 0.279. The van der Waals surface area contributed by atoms with Crippen LogP contribution in [0.4, 0.5) is 5.82 Å². The van der Waals surface area contributed by atoms with Gasteiger partial charge in [0.25, 0.3) is 10.0 Å². The maximum absolute atomic E-state index is 13.1. The standard InChI is InChI=1S/C21H24ClN3O2S/c1-13-14(2)16(4)21(17(5)15(13)3)28(26,27)24-20-10-11-25(23-20)12-18-8-6-7-9-19(18)22/h6-11H,12H2,1-5H3,(H,23,24). The molecule has 5 nitrogen and oxygen atoms in total. The number of sulfonamides is 1. The van der Waals surface area contributed by atoms with Gasteiger partial charge < -0.3 is 0 Å². The van der Waals surface area contributed by atoms with E-state index < -0.39 is 10.0 Å². The highest BCUT2D eigenvalue weighted by Gasteiger charge is 2.24. The van der Waals surface area contributed by atoms with E-state index in [1.165, 1.54) is 0 Å². The van der Waals surface area contributed by atoms with Gasteiger partial charge in [-0.15, -0.1) is 0 Å². The van der Waals surface area contributed by atoms with Gasteiger partial charge >= 0.3 is 0 Å². The number of nitrogens with one attached hydrogen (secondary N) is 1. The first-order valence-electron chi connectivity index (χ1n) is 8.98. The molecule has 0 fully saturated rings. The summed E-state index contributed by atoms with van der Waals surface area (Å²) in [6.45, 7) is 10.1. The molecule has 3 rings (SSSR count). The van der Waals surface area contributed by atoms with Crippen LogP contribution < -0.4 is 4.72 Å². The zero-order chi connectivity index (χ0) is 20.6. The summed E-state index contributed by atoms with van der Waals surface area (Å²) in [6, 6.07) is 9.15. The molecule has 0 bridgehead atoms. The van der Waals surface area contributed by atoms with Crippen LogP contribution in [-0.2, 0) is 16.6 Å². The van der Waals surface area contributed by atoms with E-state index in [2.05, 4.69) is 9.82 Å². The molecular formula is C21H24ClN3O2S. The molecule has 148 valence electrons. The normalized spacial score (nSPS) is 11.6. The highest BCUT2D eigenvalue weighted by atomic mass is 35.5. The van der Waals surface area contributed by atoms with Crippen LogP contribution in [0.1, 0.15) is 33.4 Å². The number of anilines is 1. The second kappa shape index (κ2) is 7.60. The van der Waals surface area contributed by atoms with Crippen LogP contribution >= 0.6 is 11.6 Å². The Labute approximate surface area is 171 Å². The van der Waals surface area contributed by atoms with Crippen molar-refractivity contribution in [2.24, 2.45) is 0 Å². The predicted octanol–water partition coefficient (Wildman–Crippen LogP) is 4.93. The zero-order valence-electron chi connectivity index (χ0n) is 16.7. The van der Waals surface area contributed by atoms with Crippen molar-refractivity contribution in [2.75, 3.05) is 4.72 Å². The molecule has 1 heterocycles. The van der Waals surface area contributed by atoms with Gasteiger partial charge in [-0.2, -0.15) is 5.10 Å². The molecule has 0 spiro atoms. The van der Waals surface area contributed by atoms with E-state index in [0.717, 1.165) is 33.4 Å². The summed E-state index contributed by atoms with van der Waals surface area (Å²) >= 11 is 6.19. The second-order valence-corrected chi connectivity index (χ2v) is 9.08. The zero-order valence-corrected chi connectivity index (χ0v) is 18.2. The molecule has 1 N–H and O–H groups in total. The summed E-state index contributed by atoms with van der Waals surface area (Å²) in [6.07, 6.45) is 1.73. The van der Waals surface area contributed by atoms with Crippen LogP contribution in [0.5, 0.6) is 0 Å². The molecule has 0 atom stereocenters. The third-order valence-corrected chi connectivity index (χ3v) is 7.37. The molecule has 0 unspecified atom stereocenters. The van der Waals surface area contributed by atoms with E-state index in [-0.39, 0.29) is 5.82 Å². The molecule has 0 saturated heterocycles. The minimum absolute atomic E-state index is 0.279. The Kier molecular flexibility index (Phi) is 5.55. The third kappa shape index (κ3) is 3.80. The Balaban J connectivity index is 1.91. The Morgan fingerprint density at radius 1 is 0.929 bits per heavy atom. The van der Waals surface area contributed by atoms with Crippen molar-refractivity contribution in [1.82, 2.24) is 9.78 Å². The van der Waals surface area contributed by atoms with Gasteiger partial charge in [0.2, 0.25) is 0 Å². The highest BCUT2D eigenvalue weighted by Crippen LogP contribution is 2.30. The lowest BCUT2D eigenvalue weighted by molar-refractivity contribution is 0.599. The maximum atomic E-state index is 13.1. The fourth-order valence-electron chi connectivity index (χ4n) is 3.36. The van der Waals surface area contributed by atoms with Crippen molar-refractivity contribution in [3.05, 3.63) is 74.9 Å². The van der Waals surface area contributed by atoms with Crippen LogP contribution in [0.2, 0.25) is 5.02 Å². The van der Waals surface area contributed by atoms with Gasteiger partial charge in [-0.3, -0.25) is 9.40 Å². The van der Waals surface area contributed by atoms with Crippen molar-refractivity contribution in [2.45, 2.75) is 46.1 Å². The van der Waals surface area contributed by atoms with E-state index in [0.29, 0.717) is 16.5 Å². The Morgan fingerprint density at radius 2 is 1.50 bits per heavy atom. The van der Waals surface area contributed by atoms with Gasteiger partial charge in [0.1, 0.15) is 0 Å². The minimum atomic E-state index is -3.76. The molecule has 0 amide bonds. The molecule has 7 heteroatoms. The van der Waals surface area contributed by atoms with Gasteiger partial charge in [-0.25, -0.2) is 8.42 Å². The average Bonchev–Trinajstić information content (AvgIpc) is 3.06. The molecule has 0 radical (unpaired) electrons. The SMILES string of the molecule is Cc1c(C)c(C)c(S(=O)(=O)Nc2ccn(Cc3ccccc3Cl)n2)c(C)c1C. The summed E-state index contributed by atoms with van der Waals surface area (Å²) in [4.78, 5) is 0.328. The van der Waals surface area contributed by atoms with Crippen molar-refractivity contribution < 1.29 is 8.42 Å². The smallest absolute Gasteiger partial charge is 0.263 e.